The van der Waals surface area contributed by atoms with Gasteiger partial charge in [0.25, 0.3) is 0 Å². The normalized spacial score (nSPS) is 10.9. The highest BCUT2D eigenvalue weighted by atomic mass is 32.1. The highest BCUT2D eigenvalue weighted by Crippen LogP contribution is 2.34. The molecule has 10 aromatic rings. The molecule has 10 nitrogen and oxygen atoms in total. The molecule has 0 aliphatic heterocycles. The van der Waals surface area contributed by atoms with Crippen molar-refractivity contribution in [1.29, 1.82) is 10.5 Å². The number of rotatable bonds is 9. The van der Waals surface area contributed by atoms with Crippen molar-refractivity contribution >= 4 is 66.4 Å². The first kappa shape index (κ1) is 42.9. The third-order valence-corrected chi connectivity index (χ3v) is 12.8. The number of imidazole rings is 2. The number of aromatic nitrogens is 6. The number of nitrogens with zero attached hydrogens (tertiary/aromatic N) is 7. The van der Waals surface area contributed by atoms with Gasteiger partial charge >= 0.3 is 0 Å². The maximum atomic E-state index is 9.01. The minimum Gasteiger partial charge on any atom is -0.338 e. The highest BCUT2D eigenvalue weighted by Gasteiger charge is 2.16. The van der Waals surface area contributed by atoms with Gasteiger partial charge in [0, 0.05) is 57.0 Å². The van der Waals surface area contributed by atoms with Crippen LogP contribution in [-0.4, -0.2) is 29.5 Å². The van der Waals surface area contributed by atoms with Crippen molar-refractivity contribution in [3.05, 3.63) is 165 Å². The van der Waals surface area contributed by atoms with Crippen LogP contribution < -0.4 is 10.6 Å². The van der Waals surface area contributed by atoms with Gasteiger partial charge in [-0.3, -0.25) is 0 Å². The summed E-state index contributed by atoms with van der Waals surface area (Å²) >= 11 is 3.10. The predicted molar refractivity (Wildman–Crippen MR) is 270 cm³/mol. The zero-order valence-electron chi connectivity index (χ0n) is 36.8. The summed E-state index contributed by atoms with van der Waals surface area (Å²) in [5.41, 5.74) is 17.3. The van der Waals surface area contributed by atoms with E-state index in [2.05, 4.69) is 115 Å². The van der Waals surface area contributed by atoms with Gasteiger partial charge in [0.1, 0.15) is 11.6 Å². The molecule has 0 spiro atoms. The van der Waals surface area contributed by atoms with Crippen LogP contribution in [0, 0.1) is 48.9 Å². The number of aryl methyl sites for hydroxylation is 3. The third kappa shape index (κ3) is 9.04. The molecule has 0 unspecified atom stereocenters. The lowest BCUT2D eigenvalue weighted by Crippen LogP contribution is -1.95. The quantitative estimate of drug-likeness (QED) is 0.122. The number of nitrogens with one attached hydrogen (secondary N) is 3. The lowest BCUT2D eigenvalue weighted by molar-refractivity contribution is 0.865. The average Bonchev–Trinajstić information content (AvgIpc) is 4.17. The van der Waals surface area contributed by atoms with E-state index in [0.29, 0.717) is 17.0 Å². The largest absolute Gasteiger partial charge is 0.338 e. The average molecular weight is 895 g/mol. The van der Waals surface area contributed by atoms with Gasteiger partial charge in [-0.1, -0.05) is 74.4 Å². The Labute approximate surface area is 391 Å². The summed E-state index contributed by atoms with van der Waals surface area (Å²) in [6, 6.07) is 44.0. The van der Waals surface area contributed by atoms with Crippen LogP contribution >= 0.6 is 22.7 Å². The zero-order valence-corrected chi connectivity index (χ0v) is 38.4. The van der Waals surface area contributed by atoms with E-state index < -0.39 is 0 Å². The third-order valence-electron chi connectivity index (χ3n) is 11.3. The van der Waals surface area contributed by atoms with Gasteiger partial charge in [-0.25, -0.2) is 19.9 Å². The Morgan fingerprint density at radius 1 is 0.621 bits per heavy atom. The number of terminal acetylenes is 1. The molecule has 320 valence electrons. The monoisotopic (exact) mass is 894 g/mol. The molecule has 4 heterocycles. The van der Waals surface area contributed by atoms with Gasteiger partial charge < -0.3 is 20.2 Å². The van der Waals surface area contributed by atoms with E-state index >= 15 is 0 Å². The predicted octanol–water partition coefficient (Wildman–Crippen LogP) is 13.7. The Kier molecular flexibility index (Phi) is 12.0. The second kappa shape index (κ2) is 18.4. The first-order chi connectivity index (χ1) is 32.0. The molecule has 0 aliphatic carbocycles. The Balaban J connectivity index is 0.000000166. The summed E-state index contributed by atoms with van der Waals surface area (Å²) in [5, 5.41) is 30.5. The van der Waals surface area contributed by atoms with Crippen LogP contribution in [0.5, 0.6) is 0 Å². The second-order valence-electron chi connectivity index (χ2n) is 16.1. The van der Waals surface area contributed by atoms with Gasteiger partial charge in [0.2, 0.25) is 0 Å². The van der Waals surface area contributed by atoms with Crippen LogP contribution in [0.2, 0.25) is 0 Å². The van der Waals surface area contributed by atoms with Crippen LogP contribution in [0.25, 0.3) is 67.4 Å². The first-order valence-electron chi connectivity index (χ1n) is 21.2. The van der Waals surface area contributed by atoms with Gasteiger partial charge in [0.15, 0.2) is 10.3 Å². The number of thiazole rings is 2. The van der Waals surface area contributed by atoms with Gasteiger partial charge in [-0.2, -0.15) is 10.5 Å². The van der Waals surface area contributed by atoms with Crippen molar-refractivity contribution < 1.29 is 0 Å². The minimum absolute atomic E-state index is 0.472. The number of H-pyrrole nitrogens is 1. The molecule has 0 bridgehead atoms. The molecule has 0 saturated heterocycles. The van der Waals surface area contributed by atoms with Gasteiger partial charge in [0.05, 0.1) is 56.7 Å². The fourth-order valence-electron chi connectivity index (χ4n) is 7.55. The van der Waals surface area contributed by atoms with Crippen LogP contribution in [0.15, 0.2) is 132 Å². The summed E-state index contributed by atoms with van der Waals surface area (Å²) in [6.07, 6.45) is 5.53. The lowest BCUT2D eigenvalue weighted by Gasteiger charge is -2.09. The van der Waals surface area contributed by atoms with Crippen molar-refractivity contribution in [3.8, 4) is 69.8 Å². The van der Waals surface area contributed by atoms with Crippen molar-refractivity contribution in [2.24, 2.45) is 7.05 Å². The Morgan fingerprint density at radius 2 is 1.20 bits per heavy atom. The van der Waals surface area contributed by atoms with Crippen LogP contribution in [0.3, 0.4) is 0 Å². The van der Waals surface area contributed by atoms with E-state index in [-0.39, 0.29) is 0 Å². The van der Waals surface area contributed by atoms with Crippen LogP contribution in [0.1, 0.15) is 53.1 Å². The van der Waals surface area contributed by atoms with Crippen LogP contribution in [-0.2, 0) is 7.05 Å². The summed E-state index contributed by atoms with van der Waals surface area (Å²) in [4.78, 5) is 22.6. The number of fused-ring (bicyclic) bond motifs is 2. The lowest BCUT2D eigenvalue weighted by atomic mass is 10.0. The number of aromatic amines is 1. The van der Waals surface area contributed by atoms with Crippen molar-refractivity contribution in [2.45, 2.75) is 33.6 Å². The Hall–Kier alpha value is -8.34. The molecular weight excluding hydrogens is 853 g/mol. The highest BCUT2D eigenvalue weighted by molar-refractivity contribution is 7.14. The molecule has 12 heteroatoms. The Morgan fingerprint density at radius 3 is 1.79 bits per heavy atom. The molecule has 0 aliphatic rings. The SMILES string of the molecule is C#Cc1cccc(-c2nc3cc(Nc4nc(-c5ccc(C#N)cc5)cs4)c(C)cc3[nH]2)c1.Cc1cc2c(cc1Nc1nc(-c3ccc(C#N)cc3)cs1)nc(-c1cccc(C(C)C)c1)n2C. The van der Waals surface area contributed by atoms with E-state index in [1.165, 1.54) is 16.9 Å². The van der Waals surface area contributed by atoms with Gasteiger partial charge in [-0.15, -0.1) is 29.1 Å². The van der Waals surface area contributed by atoms with Crippen LogP contribution in [0.4, 0.5) is 21.6 Å². The molecule has 0 radical (unpaired) electrons. The number of hydrogen-bond donors (Lipinski definition) is 3. The first-order valence-corrected chi connectivity index (χ1v) is 22.9. The molecule has 3 N–H and O–H groups in total. The number of benzene rings is 6. The number of hydrogen-bond acceptors (Lipinski definition) is 10. The standard InChI is InChI=1S/C28H25N5S.C26H17N5S/c1-17(2)21-6-5-7-22(13-21)27-30-24-14-23(18(3)12-26(24)33(27)4)31-28-32-25(16-34-28)20-10-8-19(15-29)9-11-20;1-3-17-5-4-6-20(12-17)25-28-22-11-16(2)21(13-23(22)29-25)30-26-31-24(15-32-26)19-9-7-18(14-27)8-10-19/h5-14,16-17H,1-4H3,(H,31,32);1,4-13,15H,2H3,(H,28,29)(H,30,31). The fraction of sp³-hybridized carbons (Fsp3) is 0.111. The fourth-order valence-corrected chi connectivity index (χ4v) is 9.02. The summed E-state index contributed by atoms with van der Waals surface area (Å²) in [7, 11) is 2.07. The smallest absolute Gasteiger partial charge is 0.187 e. The summed E-state index contributed by atoms with van der Waals surface area (Å²) in [5.74, 6) is 4.88. The number of nitriles is 2. The van der Waals surface area contributed by atoms with E-state index in [1.807, 2.05) is 77.5 Å². The molecule has 4 aromatic heterocycles. The van der Waals surface area contributed by atoms with Crippen molar-refractivity contribution in [1.82, 2.24) is 29.5 Å². The maximum Gasteiger partial charge on any atom is 0.187 e. The molecule has 6 aromatic carbocycles. The van der Waals surface area contributed by atoms with E-state index in [1.54, 1.807) is 23.5 Å². The molecular formula is C54H42N10S2. The van der Waals surface area contributed by atoms with E-state index in [4.69, 9.17) is 36.9 Å². The summed E-state index contributed by atoms with van der Waals surface area (Å²) < 4.78 is 2.16. The maximum absolute atomic E-state index is 9.01. The molecule has 0 fully saturated rings. The zero-order chi connectivity index (χ0) is 45.9. The van der Waals surface area contributed by atoms with Crippen molar-refractivity contribution in [3.63, 3.8) is 0 Å². The van der Waals surface area contributed by atoms with E-state index in [0.717, 1.165) is 106 Å². The minimum atomic E-state index is 0.472. The molecule has 0 saturated carbocycles. The number of anilines is 4. The molecule has 0 atom stereocenters. The molecule has 10 rings (SSSR count). The topological polar surface area (TPSA) is 144 Å². The van der Waals surface area contributed by atoms with Crippen molar-refractivity contribution in [2.75, 3.05) is 10.6 Å². The van der Waals surface area contributed by atoms with E-state index in [9.17, 15) is 0 Å². The summed E-state index contributed by atoms with van der Waals surface area (Å²) in [6.45, 7) is 8.57. The van der Waals surface area contributed by atoms with Gasteiger partial charge in [-0.05, 0) is 103 Å². The Bertz CT molecular complexity index is 3530. The molecule has 66 heavy (non-hydrogen) atoms. The second-order valence-corrected chi connectivity index (χ2v) is 17.8. The molecule has 0 amide bonds.